The van der Waals surface area contributed by atoms with E-state index < -0.39 is 23.7 Å². The maximum atomic E-state index is 14.0. The quantitative estimate of drug-likeness (QED) is 0.224. The van der Waals surface area contributed by atoms with E-state index in [4.69, 9.17) is 10.7 Å². The second kappa shape index (κ2) is 10.4. The number of nitrogens with zero attached hydrogens (tertiary/aromatic N) is 4. The van der Waals surface area contributed by atoms with Crippen LogP contribution in [0, 0.1) is 0 Å². The first kappa shape index (κ1) is 27.1. The van der Waals surface area contributed by atoms with Crippen LogP contribution in [-0.2, 0) is 12.7 Å². The van der Waals surface area contributed by atoms with Crippen LogP contribution in [0.3, 0.4) is 0 Å². The maximum absolute atomic E-state index is 14.0. The summed E-state index contributed by atoms with van der Waals surface area (Å²) in [6.45, 7) is 2.59. The number of fused-ring (bicyclic) bond motifs is 2. The average molecular weight is 587 g/mol. The SMILES string of the molecule is CCn1cc(-c2cc(C(=O)Nc3c(C(N)=O)sc4nc(C(F)(F)F)cc(-c5ccccc5)c34)c3ccccc3n2)cn1. The van der Waals surface area contributed by atoms with E-state index in [1.54, 1.807) is 71.5 Å². The molecule has 2 aromatic carbocycles. The molecule has 0 saturated carbocycles. The highest BCUT2D eigenvalue weighted by atomic mass is 32.1. The van der Waals surface area contributed by atoms with E-state index in [9.17, 15) is 22.8 Å². The Morgan fingerprint density at radius 2 is 1.74 bits per heavy atom. The third kappa shape index (κ3) is 4.85. The molecule has 2 amide bonds. The minimum absolute atomic E-state index is 0.00572. The van der Waals surface area contributed by atoms with Crippen molar-refractivity contribution in [1.29, 1.82) is 0 Å². The van der Waals surface area contributed by atoms with Crippen LogP contribution in [0.15, 0.2) is 79.1 Å². The molecule has 0 bridgehead atoms. The van der Waals surface area contributed by atoms with E-state index in [2.05, 4.69) is 15.4 Å². The van der Waals surface area contributed by atoms with Crippen molar-refractivity contribution < 1.29 is 22.8 Å². The molecule has 8 nitrogen and oxygen atoms in total. The first-order valence-corrected chi connectivity index (χ1v) is 13.6. The van der Waals surface area contributed by atoms with Crippen LogP contribution in [0.5, 0.6) is 0 Å². The normalized spacial score (nSPS) is 11.7. The molecule has 4 aromatic heterocycles. The minimum Gasteiger partial charge on any atom is -0.365 e. The summed E-state index contributed by atoms with van der Waals surface area (Å²) in [6, 6.07) is 18.0. The molecule has 42 heavy (non-hydrogen) atoms. The fourth-order valence-corrected chi connectivity index (χ4v) is 5.75. The molecule has 0 radical (unpaired) electrons. The lowest BCUT2D eigenvalue weighted by Gasteiger charge is -2.13. The van der Waals surface area contributed by atoms with Gasteiger partial charge in [-0.1, -0.05) is 48.5 Å². The molecule has 0 unspecified atom stereocenters. The van der Waals surface area contributed by atoms with E-state index in [0.717, 1.165) is 6.07 Å². The van der Waals surface area contributed by atoms with Gasteiger partial charge in [-0.25, -0.2) is 9.97 Å². The average Bonchev–Trinajstić information content (AvgIpc) is 3.61. The number of carbonyl (C=O) groups is 2. The minimum atomic E-state index is -4.74. The number of pyridine rings is 2. The van der Waals surface area contributed by atoms with Gasteiger partial charge in [-0.05, 0) is 36.2 Å². The Kier molecular flexibility index (Phi) is 6.70. The number of alkyl halides is 3. The van der Waals surface area contributed by atoms with Gasteiger partial charge in [-0.15, -0.1) is 11.3 Å². The summed E-state index contributed by atoms with van der Waals surface area (Å²) in [4.78, 5) is 34.8. The number of nitrogens with two attached hydrogens (primary N) is 1. The second-order valence-corrected chi connectivity index (χ2v) is 10.4. The third-order valence-electron chi connectivity index (χ3n) is 6.71. The molecule has 0 saturated heterocycles. The van der Waals surface area contributed by atoms with Gasteiger partial charge in [0.15, 0.2) is 0 Å². The lowest BCUT2D eigenvalue weighted by molar-refractivity contribution is -0.140. The molecular weight excluding hydrogens is 565 g/mol. The second-order valence-electron chi connectivity index (χ2n) is 9.38. The number of primary amides is 1. The van der Waals surface area contributed by atoms with Gasteiger partial charge >= 0.3 is 6.18 Å². The van der Waals surface area contributed by atoms with Gasteiger partial charge in [-0.2, -0.15) is 18.3 Å². The van der Waals surface area contributed by atoms with Crippen molar-refractivity contribution in [2.24, 2.45) is 5.73 Å². The van der Waals surface area contributed by atoms with E-state index in [-0.39, 0.29) is 31.9 Å². The van der Waals surface area contributed by atoms with Crippen LogP contribution in [0.1, 0.15) is 32.6 Å². The van der Waals surface area contributed by atoms with Crippen molar-refractivity contribution in [3.05, 3.63) is 95.3 Å². The topological polar surface area (TPSA) is 116 Å². The summed E-state index contributed by atoms with van der Waals surface area (Å²) in [5.41, 5.74) is 7.14. The molecule has 4 heterocycles. The van der Waals surface area contributed by atoms with Crippen molar-refractivity contribution in [1.82, 2.24) is 19.7 Å². The molecule has 0 aliphatic carbocycles. The number of nitrogens with one attached hydrogen (secondary N) is 1. The number of thiophene rings is 1. The number of para-hydroxylation sites is 1. The number of benzene rings is 2. The van der Waals surface area contributed by atoms with Gasteiger partial charge in [0.05, 0.1) is 28.7 Å². The lowest BCUT2D eigenvalue weighted by atomic mass is 10.0. The summed E-state index contributed by atoms with van der Waals surface area (Å²) in [5, 5.41) is 7.81. The Morgan fingerprint density at radius 1 is 1.00 bits per heavy atom. The van der Waals surface area contributed by atoms with Gasteiger partial charge < -0.3 is 11.1 Å². The molecule has 0 spiro atoms. The Morgan fingerprint density at radius 3 is 2.43 bits per heavy atom. The smallest absolute Gasteiger partial charge is 0.365 e. The van der Waals surface area contributed by atoms with Crippen molar-refractivity contribution in [2.45, 2.75) is 19.6 Å². The van der Waals surface area contributed by atoms with Crippen LogP contribution in [0.25, 0.3) is 43.5 Å². The molecular formula is C30H21F3N6O2S. The zero-order valence-electron chi connectivity index (χ0n) is 21.9. The molecule has 0 aliphatic heterocycles. The summed E-state index contributed by atoms with van der Waals surface area (Å²) < 4.78 is 43.2. The molecule has 12 heteroatoms. The summed E-state index contributed by atoms with van der Waals surface area (Å²) in [7, 11) is 0. The van der Waals surface area contributed by atoms with Crippen LogP contribution < -0.4 is 11.1 Å². The Labute approximate surface area is 240 Å². The van der Waals surface area contributed by atoms with Crippen molar-refractivity contribution in [2.75, 3.05) is 5.32 Å². The van der Waals surface area contributed by atoms with Crippen LogP contribution in [-0.4, -0.2) is 31.6 Å². The molecule has 6 aromatic rings. The molecule has 3 N–H and O–H groups in total. The summed E-state index contributed by atoms with van der Waals surface area (Å²) >= 11 is 0.693. The third-order valence-corrected chi connectivity index (χ3v) is 7.81. The molecule has 0 aliphatic rings. The number of hydrogen-bond donors (Lipinski definition) is 2. The first-order valence-electron chi connectivity index (χ1n) is 12.8. The number of amides is 2. The van der Waals surface area contributed by atoms with E-state index in [1.807, 2.05) is 13.1 Å². The molecule has 0 fully saturated rings. The van der Waals surface area contributed by atoms with Gasteiger partial charge in [0.2, 0.25) is 0 Å². The highest BCUT2D eigenvalue weighted by molar-refractivity contribution is 7.21. The van der Waals surface area contributed by atoms with Gasteiger partial charge in [0, 0.05) is 29.1 Å². The van der Waals surface area contributed by atoms with Crippen LogP contribution >= 0.6 is 11.3 Å². The number of aromatic nitrogens is 4. The Hall–Kier alpha value is -5.10. The molecule has 6 rings (SSSR count). The predicted octanol–water partition coefficient (Wildman–Crippen LogP) is 6.76. The van der Waals surface area contributed by atoms with E-state index >= 15 is 0 Å². The van der Waals surface area contributed by atoms with Crippen LogP contribution in [0.2, 0.25) is 0 Å². The Balaban J connectivity index is 1.55. The Bertz CT molecular complexity index is 2000. The van der Waals surface area contributed by atoms with Crippen molar-refractivity contribution >= 4 is 50.0 Å². The number of anilines is 1. The number of carbonyl (C=O) groups excluding carboxylic acids is 2. The standard InChI is InChI=1S/C30H21F3N6O2S/c1-2-39-15-17(14-35-39)22-12-20(18-10-6-7-11-21(18)36-22)28(41)38-25-24-19(16-8-4-3-5-9-16)13-23(30(31,32)33)37-29(24)42-26(25)27(34)40/h3-15H,2H2,1H3,(H2,34,40)(H,38,41). The van der Waals surface area contributed by atoms with E-state index in [0.29, 0.717) is 45.6 Å². The fraction of sp³-hybridized carbons (Fsp3) is 0.100. The highest BCUT2D eigenvalue weighted by Gasteiger charge is 2.35. The number of hydrogen-bond acceptors (Lipinski definition) is 6. The van der Waals surface area contributed by atoms with E-state index in [1.165, 1.54) is 0 Å². The number of aryl methyl sites for hydroxylation is 1. The van der Waals surface area contributed by atoms with Crippen molar-refractivity contribution in [3.63, 3.8) is 0 Å². The largest absolute Gasteiger partial charge is 0.433 e. The maximum Gasteiger partial charge on any atom is 0.433 e. The number of halogens is 3. The van der Waals surface area contributed by atoms with Gasteiger partial charge in [0.1, 0.15) is 15.4 Å². The summed E-state index contributed by atoms with van der Waals surface area (Å²) in [6.07, 6.45) is -1.28. The lowest BCUT2D eigenvalue weighted by Crippen LogP contribution is -2.17. The predicted molar refractivity (Wildman–Crippen MR) is 155 cm³/mol. The van der Waals surface area contributed by atoms with Crippen LogP contribution in [0.4, 0.5) is 18.9 Å². The van der Waals surface area contributed by atoms with Gasteiger partial charge in [-0.3, -0.25) is 14.3 Å². The molecule has 210 valence electrons. The monoisotopic (exact) mass is 586 g/mol. The van der Waals surface area contributed by atoms with Crippen molar-refractivity contribution in [3.8, 4) is 22.4 Å². The summed E-state index contributed by atoms with van der Waals surface area (Å²) in [5.74, 6) is -1.51. The number of rotatable bonds is 6. The fourth-order valence-electron chi connectivity index (χ4n) is 4.74. The molecule has 0 atom stereocenters. The first-order chi connectivity index (χ1) is 20.1. The van der Waals surface area contributed by atoms with Gasteiger partial charge in [0.25, 0.3) is 11.8 Å². The zero-order chi connectivity index (χ0) is 29.6. The highest BCUT2D eigenvalue weighted by Crippen LogP contribution is 2.44. The zero-order valence-corrected chi connectivity index (χ0v) is 22.8.